The molecule has 0 aromatic heterocycles. The third-order valence-electron chi connectivity index (χ3n) is 8.16. The molecule has 6 heteroatoms. The largest absolute Gasteiger partial charge is 0.497 e. The Balaban J connectivity index is 1.72. The Morgan fingerprint density at radius 2 is 1.39 bits per heavy atom. The standard InChI is InChI=1S/C32H41NO4Si/c1-32(2,3)38(6,7)37-28(22-13-23-11-9-8-10-12-23)29-30(24-14-18-26(35-4)19-15-24)33(31(29)34)25-16-20-27(36-5)21-17-25/h8-12,14-21,28-30H,13,22H2,1-7H3/t28-,29+,30+/m0/s1. The summed E-state index contributed by atoms with van der Waals surface area (Å²) in [4.78, 5) is 15.9. The zero-order valence-corrected chi connectivity index (χ0v) is 24.7. The van der Waals surface area contributed by atoms with E-state index in [1.807, 2.05) is 47.4 Å². The molecule has 1 amide bonds. The lowest BCUT2D eigenvalue weighted by molar-refractivity contribution is -0.135. The Morgan fingerprint density at radius 3 is 1.92 bits per heavy atom. The molecule has 0 radical (unpaired) electrons. The third kappa shape index (κ3) is 5.81. The number of carbonyl (C=O) groups excluding carboxylic acids is 1. The number of nitrogens with zero attached hydrogens (tertiary/aromatic N) is 1. The predicted molar refractivity (Wildman–Crippen MR) is 157 cm³/mol. The predicted octanol–water partition coefficient (Wildman–Crippen LogP) is 7.43. The summed E-state index contributed by atoms with van der Waals surface area (Å²) < 4.78 is 17.8. The van der Waals surface area contributed by atoms with Gasteiger partial charge in [-0.15, -0.1) is 0 Å². The molecule has 3 aromatic carbocycles. The molecule has 1 aliphatic heterocycles. The van der Waals surface area contributed by atoms with Crippen LogP contribution in [0.2, 0.25) is 18.1 Å². The molecule has 0 unspecified atom stereocenters. The van der Waals surface area contributed by atoms with Crippen LogP contribution in [-0.4, -0.2) is 34.5 Å². The zero-order chi connectivity index (χ0) is 27.5. The molecule has 1 saturated heterocycles. The van der Waals surface area contributed by atoms with Crippen molar-refractivity contribution >= 4 is 19.9 Å². The van der Waals surface area contributed by atoms with Gasteiger partial charge >= 0.3 is 0 Å². The molecule has 1 fully saturated rings. The van der Waals surface area contributed by atoms with Crippen LogP contribution in [0.15, 0.2) is 78.9 Å². The van der Waals surface area contributed by atoms with Crippen molar-refractivity contribution in [1.82, 2.24) is 0 Å². The van der Waals surface area contributed by atoms with Crippen LogP contribution in [0.4, 0.5) is 5.69 Å². The van der Waals surface area contributed by atoms with Gasteiger partial charge in [0.2, 0.25) is 5.91 Å². The van der Waals surface area contributed by atoms with E-state index in [1.54, 1.807) is 14.2 Å². The molecule has 0 aliphatic carbocycles. The van der Waals surface area contributed by atoms with Gasteiger partial charge in [0, 0.05) is 5.69 Å². The lowest BCUT2D eigenvalue weighted by Gasteiger charge is -2.52. The van der Waals surface area contributed by atoms with Gasteiger partial charge in [-0.2, -0.15) is 0 Å². The first kappa shape index (κ1) is 27.9. The van der Waals surface area contributed by atoms with Crippen LogP contribution in [0.1, 0.15) is 44.4 Å². The van der Waals surface area contributed by atoms with Crippen LogP contribution in [0.25, 0.3) is 0 Å². The molecule has 1 heterocycles. The zero-order valence-electron chi connectivity index (χ0n) is 23.7. The average Bonchev–Trinajstić information content (AvgIpc) is 2.90. The monoisotopic (exact) mass is 531 g/mol. The van der Waals surface area contributed by atoms with Crippen LogP contribution >= 0.6 is 0 Å². The summed E-state index contributed by atoms with van der Waals surface area (Å²) >= 11 is 0. The van der Waals surface area contributed by atoms with E-state index in [-0.39, 0.29) is 29.0 Å². The average molecular weight is 532 g/mol. The van der Waals surface area contributed by atoms with E-state index in [1.165, 1.54) is 5.56 Å². The van der Waals surface area contributed by atoms with Crippen molar-refractivity contribution in [3.8, 4) is 11.5 Å². The SMILES string of the molecule is COc1ccc([C@@H]2[C@@H]([C@H](CCc3ccccc3)O[Si](C)(C)C(C)(C)C)C(=O)N2c2ccc(OC)cc2)cc1. The number of anilines is 1. The molecular formula is C32H41NO4Si. The first-order valence-electron chi connectivity index (χ1n) is 13.4. The van der Waals surface area contributed by atoms with E-state index >= 15 is 0 Å². The smallest absolute Gasteiger partial charge is 0.235 e. The second-order valence-electron chi connectivity index (χ2n) is 11.6. The first-order valence-corrected chi connectivity index (χ1v) is 16.3. The fourth-order valence-corrected chi connectivity index (χ4v) is 6.26. The van der Waals surface area contributed by atoms with Gasteiger partial charge < -0.3 is 18.8 Å². The van der Waals surface area contributed by atoms with E-state index in [4.69, 9.17) is 13.9 Å². The fourth-order valence-electron chi connectivity index (χ4n) is 4.88. The number of carbonyl (C=O) groups is 1. The number of benzene rings is 3. The minimum absolute atomic E-state index is 0.0378. The molecule has 1 aliphatic rings. The summed E-state index contributed by atoms with van der Waals surface area (Å²) in [6, 6.07) is 26.1. The van der Waals surface area contributed by atoms with Gasteiger partial charge in [-0.1, -0.05) is 63.2 Å². The molecule has 38 heavy (non-hydrogen) atoms. The Kier molecular flexibility index (Phi) is 8.33. The maximum Gasteiger partial charge on any atom is 0.235 e. The van der Waals surface area contributed by atoms with Crippen molar-refractivity contribution in [3.63, 3.8) is 0 Å². The second kappa shape index (κ2) is 11.3. The number of amides is 1. The van der Waals surface area contributed by atoms with Crippen LogP contribution in [0.3, 0.4) is 0 Å². The first-order chi connectivity index (χ1) is 18.1. The number of aryl methyl sites for hydroxylation is 1. The lowest BCUT2D eigenvalue weighted by atomic mass is 9.76. The lowest BCUT2D eigenvalue weighted by Crippen LogP contribution is -2.61. The normalized spacial score (nSPS) is 18.6. The number of hydrogen-bond donors (Lipinski definition) is 0. The molecule has 3 atom stereocenters. The van der Waals surface area contributed by atoms with Crippen LogP contribution < -0.4 is 14.4 Å². The summed E-state index contributed by atoms with van der Waals surface area (Å²) in [5, 5.41) is 0.0378. The minimum atomic E-state index is -2.15. The van der Waals surface area contributed by atoms with Crippen molar-refractivity contribution in [3.05, 3.63) is 90.0 Å². The quantitative estimate of drug-likeness (QED) is 0.202. The molecule has 4 rings (SSSR count). The highest BCUT2D eigenvalue weighted by Gasteiger charge is 2.54. The number of ether oxygens (including phenoxy) is 2. The van der Waals surface area contributed by atoms with Gasteiger partial charge in [0.1, 0.15) is 11.5 Å². The highest BCUT2D eigenvalue weighted by Crippen LogP contribution is 2.49. The number of rotatable bonds is 10. The number of hydrogen-bond acceptors (Lipinski definition) is 4. The summed E-state index contributed by atoms with van der Waals surface area (Å²) in [6.45, 7) is 11.3. The molecular weight excluding hydrogens is 490 g/mol. The highest BCUT2D eigenvalue weighted by molar-refractivity contribution is 6.74. The van der Waals surface area contributed by atoms with Gasteiger partial charge in [0.25, 0.3) is 0 Å². The summed E-state index contributed by atoms with van der Waals surface area (Å²) in [5.41, 5.74) is 3.20. The topological polar surface area (TPSA) is 48.0 Å². The molecule has 0 N–H and O–H groups in total. The summed E-state index contributed by atoms with van der Waals surface area (Å²) in [5.74, 6) is 1.39. The molecule has 202 valence electrons. The maximum absolute atomic E-state index is 14.0. The van der Waals surface area contributed by atoms with Crippen LogP contribution in [0, 0.1) is 5.92 Å². The van der Waals surface area contributed by atoms with Crippen molar-refractivity contribution in [1.29, 1.82) is 0 Å². The van der Waals surface area contributed by atoms with Crippen LogP contribution in [0.5, 0.6) is 11.5 Å². The summed E-state index contributed by atoms with van der Waals surface area (Å²) in [6.07, 6.45) is 1.46. The molecule has 3 aromatic rings. The Morgan fingerprint density at radius 1 is 0.842 bits per heavy atom. The molecule has 0 spiro atoms. The van der Waals surface area contributed by atoms with E-state index < -0.39 is 8.32 Å². The Bertz CT molecular complexity index is 1200. The van der Waals surface area contributed by atoms with Gasteiger partial charge in [-0.25, -0.2) is 0 Å². The van der Waals surface area contributed by atoms with Gasteiger partial charge in [-0.3, -0.25) is 4.79 Å². The van der Waals surface area contributed by atoms with E-state index in [0.29, 0.717) is 0 Å². The number of β-lactam (4-membered cyclic amide) rings is 1. The Hall–Kier alpha value is -3.09. The minimum Gasteiger partial charge on any atom is -0.497 e. The molecule has 5 nitrogen and oxygen atoms in total. The van der Waals surface area contributed by atoms with Gasteiger partial charge in [0.15, 0.2) is 8.32 Å². The third-order valence-corrected chi connectivity index (χ3v) is 12.7. The number of methoxy groups -OCH3 is 2. The maximum atomic E-state index is 14.0. The molecule has 0 saturated carbocycles. The van der Waals surface area contributed by atoms with Gasteiger partial charge in [0.05, 0.1) is 32.3 Å². The van der Waals surface area contributed by atoms with Gasteiger partial charge in [-0.05, 0) is 78.5 Å². The fraction of sp³-hybridized carbons (Fsp3) is 0.406. The van der Waals surface area contributed by atoms with Crippen molar-refractivity contribution in [2.24, 2.45) is 5.92 Å². The molecule has 0 bridgehead atoms. The Labute approximate surface area is 228 Å². The second-order valence-corrected chi connectivity index (χ2v) is 16.3. The summed E-state index contributed by atoms with van der Waals surface area (Å²) in [7, 11) is 1.17. The van der Waals surface area contributed by atoms with Crippen molar-refractivity contribution < 1.29 is 18.7 Å². The van der Waals surface area contributed by atoms with E-state index in [0.717, 1.165) is 35.6 Å². The van der Waals surface area contributed by atoms with Crippen molar-refractivity contribution in [2.75, 3.05) is 19.1 Å². The van der Waals surface area contributed by atoms with E-state index in [9.17, 15) is 4.79 Å². The highest BCUT2D eigenvalue weighted by atomic mass is 28.4. The van der Waals surface area contributed by atoms with E-state index in [2.05, 4.69) is 70.3 Å². The van der Waals surface area contributed by atoms with Crippen LogP contribution in [-0.2, 0) is 15.6 Å². The van der Waals surface area contributed by atoms with Crippen molar-refractivity contribution in [2.45, 2.75) is 63.9 Å².